The number of benzene rings is 2. The molecule has 0 saturated heterocycles. The first kappa shape index (κ1) is 19.0. The highest BCUT2D eigenvalue weighted by Crippen LogP contribution is 2.26. The third-order valence-electron chi connectivity index (χ3n) is 4.35. The smallest absolute Gasteiger partial charge is 0.287 e. The van der Waals surface area contributed by atoms with Crippen molar-refractivity contribution in [3.8, 4) is 11.3 Å². The molecule has 0 spiro atoms. The Morgan fingerprint density at radius 2 is 1.75 bits per heavy atom. The van der Waals surface area contributed by atoms with E-state index in [0.29, 0.717) is 11.3 Å². The number of amides is 2. The monoisotopic (exact) mass is 377 g/mol. The zero-order valence-corrected chi connectivity index (χ0v) is 15.2. The van der Waals surface area contributed by atoms with Crippen LogP contribution in [0.3, 0.4) is 0 Å². The second-order valence-corrected chi connectivity index (χ2v) is 6.33. The van der Waals surface area contributed by atoms with Crippen molar-refractivity contribution in [1.82, 2.24) is 10.5 Å². The van der Waals surface area contributed by atoms with Crippen molar-refractivity contribution in [2.75, 3.05) is 0 Å². The van der Waals surface area contributed by atoms with Crippen LogP contribution in [0.25, 0.3) is 11.3 Å². The highest BCUT2D eigenvalue weighted by atomic mass is 16.5. The molecule has 142 valence electrons. The van der Waals surface area contributed by atoms with Crippen molar-refractivity contribution in [3.05, 3.63) is 77.5 Å². The lowest BCUT2D eigenvalue weighted by Gasteiger charge is -2.16. The van der Waals surface area contributed by atoms with Gasteiger partial charge in [0.25, 0.3) is 11.8 Å². The second kappa shape index (κ2) is 8.30. The van der Waals surface area contributed by atoms with Crippen LogP contribution in [-0.4, -0.2) is 28.8 Å². The van der Waals surface area contributed by atoms with Gasteiger partial charge in [0, 0.05) is 12.0 Å². The second-order valence-electron chi connectivity index (χ2n) is 6.33. The summed E-state index contributed by atoms with van der Waals surface area (Å²) >= 11 is 0. The van der Waals surface area contributed by atoms with Gasteiger partial charge in [-0.05, 0) is 18.1 Å². The number of hydrogen-bond acceptors (Lipinski definition) is 5. The van der Waals surface area contributed by atoms with Crippen LogP contribution in [0.5, 0.6) is 0 Å². The van der Waals surface area contributed by atoms with Crippen LogP contribution < -0.4 is 11.1 Å². The van der Waals surface area contributed by atoms with E-state index in [0.717, 1.165) is 11.1 Å². The molecule has 0 radical (unpaired) electrons. The van der Waals surface area contributed by atoms with Gasteiger partial charge in [-0.25, -0.2) is 0 Å². The first-order valence-electron chi connectivity index (χ1n) is 8.66. The van der Waals surface area contributed by atoms with E-state index in [9.17, 15) is 14.4 Å². The minimum Gasteiger partial charge on any atom is -0.363 e. The first-order valence-corrected chi connectivity index (χ1v) is 8.66. The molecule has 28 heavy (non-hydrogen) atoms. The number of aromatic nitrogens is 1. The number of hydrogen-bond donors (Lipinski definition) is 2. The minimum atomic E-state index is -1.11. The summed E-state index contributed by atoms with van der Waals surface area (Å²) in [5.74, 6) is -2.26. The van der Waals surface area contributed by atoms with Crippen LogP contribution >= 0.6 is 0 Å². The highest BCUT2D eigenvalue weighted by Gasteiger charge is 2.28. The molecule has 2 aromatic carbocycles. The lowest BCUT2D eigenvalue weighted by atomic mass is 10.0. The van der Waals surface area contributed by atoms with Crippen LogP contribution in [0.4, 0.5) is 0 Å². The molecule has 3 aromatic rings. The maximum atomic E-state index is 12.8. The van der Waals surface area contributed by atoms with Gasteiger partial charge in [0.1, 0.15) is 11.6 Å². The van der Waals surface area contributed by atoms with Gasteiger partial charge in [0.2, 0.25) is 5.78 Å². The predicted octanol–water partition coefficient (Wildman–Crippen LogP) is 2.05. The molecular formula is C21H19N3O4. The Bertz CT molecular complexity index is 1010. The number of nitrogens with zero attached hydrogens (tertiary/aromatic N) is 1. The number of carbonyl (C=O) groups excluding carboxylic acids is 3. The SMILES string of the molecule is Cc1ccccc1-c1oncc1C(=O)NC(Cc1ccccc1)C(=O)C(N)=O. The molecule has 3 N–H and O–H groups in total. The number of nitrogens with one attached hydrogen (secondary N) is 1. The number of carbonyl (C=O) groups is 3. The Balaban J connectivity index is 1.87. The van der Waals surface area contributed by atoms with Gasteiger partial charge >= 0.3 is 0 Å². The van der Waals surface area contributed by atoms with Crippen LogP contribution in [0.2, 0.25) is 0 Å². The summed E-state index contributed by atoms with van der Waals surface area (Å²) in [7, 11) is 0. The van der Waals surface area contributed by atoms with E-state index in [4.69, 9.17) is 10.3 Å². The Morgan fingerprint density at radius 1 is 1.07 bits per heavy atom. The third-order valence-corrected chi connectivity index (χ3v) is 4.35. The van der Waals surface area contributed by atoms with Gasteiger partial charge in [-0.1, -0.05) is 59.8 Å². The van der Waals surface area contributed by atoms with Crippen molar-refractivity contribution < 1.29 is 18.9 Å². The summed E-state index contributed by atoms with van der Waals surface area (Å²) in [5, 5.41) is 6.31. The topological polar surface area (TPSA) is 115 Å². The predicted molar refractivity (Wildman–Crippen MR) is 102 cm³/mol. The van der Waals surface area contributed by atoms with E-state index >= 15 is 0 Å². The number of rotatable bonds is 7. The maximum Gasteiger partial charge on any atom is 0.287 e. The van der Waals surface area contributed by atoms with Crippen molar-refractivity contribution in [1.29, 1.82) is 0 Å². The first-order chi connectivity index (χ1) is 13.5. The van der Waals surface area contributed by atoms with Crippen molar-refractivity contribution in [2.45, 2.75) is 19.4 Å². The largest absolute Gasteiger partial charge is 0.363 e. The molecule has 7 nitrogen and oxygen atoms in total. The van der Waals surface area contributed by atoms with Crippen molar-refractivity contribution in [3.63, 3.8) is 0 Å². The maximum absolute atomic E-state index is 12.8. The molecule has 1 unspecified atom stereocenters. The van der Waals surface area contributed by atoms with Crippen LogP contribution in [-0.2, 0) is 16.0 Å². The van der Waals surface area contributed by atoms with E-state index in [-0.39, 0.29) is 12.0 Å². The summed E-state index contributed by atoms with van der Waals surface area (Å²) in [5.41, 5.74) is 7.73. The summed E-state index contributed by atoms with van der Waals surface area (Å²) < 4.78 is 5.27. The average molecular weight is 377 g/mol. The molecule has 0 aliphatic heterocycles. The van der Waals surface area contributed by atoms with Gasteiger partial charge in [0.05, 0.1) is 6.20 Å². The quantitative estimate of drug-likeness (QED) is 0.612. The third kappa shape index (κ3) is 4.15. The van der Waals surface area contributed by atoms with E-state index in [1.54, 1.807) is 24.3 Å². The van der Waals surface area contributed by atoms with Gasteiger partial charge in [-0.2, -0.15) is 0 Å². The molecule has 2 amide bonds. The van der Waals surface area contributed by atoms with Crippen LogP contribution in [0.15, 0.2) is 65.3 Å². The Hall–Kier alpha value is -3.74. The summed E-state index contributed by atoms with van der Waals surface area (Å²) in [6.07, 6.45) is 1.42. The van der Waals surface area contributed by atoms with Crippen molar-refractivity contribution in [2.24, 2.45) is 5.73 Å². The number of aryl methyl sites for hydroxylation is 1. The number of ketones is 1. The van der Waals surface area contributed by atoms with Crippen LogP contribution in [0.1, 0.15) is 21.5 Å². The molecule has 0 aliphatic rings. The number of primary amides is 1. The molecule has 1 atom stereocenters. The normalized spacial score (nSPS) is 11.6. The van der Waals surface area contributed by atoms with Gasteiger partial charge in [-0.15, -0.1) is 0 Å². The number of nitrogens with two attached hydrogens (primary N) is 1. The zero-order chi connectivity index (χ0) is 20.1. The zero-order valence-electron chi connectivity index (χ0n) is 15.2. The molecule has 0 aliphatic carbocycles. The molecule has 0 bridgehead atoms. The lowest BCUT2D eigenvalue weighted by molar-refractivity contribution is -0.137. The molecular weight excluding hydrogens is 358 g/mol. The molecule has 3 rings (SSSR count). The van der Waals surface area contributed by atoms with E-state index < -0.39 is 23.6 Å². The van der Waals surface area contributed by atoms with E-state index in [1.807, 2.05) is 37.3 Å². The fourth-order valence-corrected chi connectivity index (χ4v) is 2.89. The van der Waals surface area contributed by atoms with Gasteiger partial charge < -0.3 is 15.6 Å². The summed E-state index contributed by atoms with van der Waals surface area (Å²) in [4.78, 5) is 36.5. The molecule has 7 heteroatoms. The minimum absolute atomic E-state index is 0.138. The van der Waals surface area contributed by atoms with Gasteiger partial charge in [0.15, 0.2) is 5.76 Å². The molecule has 0 saturated carbocycles. The van der Waals surface area contributed by atoms with Crippen molar-refractivity contribution >= 4 is 17.6 Å². The van der Waals surface area contributed by atoms with E-state index in [2.05, 4.69) is 10.5 Å². The fourth-order valence-electron chi connectivity index (χ4n) is 2.89. The standard InChI is InChI=1S/C21H19N3O4/c1-13-7-5-6-10-15(13)19-16(12-23-28-19)21(27)24-17(18(25)20(22)26)11-14-8-3-2-4-9-14/h2-10,12,17H,11H2,1H3,(H2,22,26)(H,24,27). The lowest BCUT2D eigenvalue weighted by Crippen LogP contribution is -2.47. The fraction of sp³-hybridized carbons (Fsp3) is 0.143. The average Bonchev–Trinajstić information content (AvgIpc) is 3.17. The molecule has 1 aromatic heterocycles. The van der Waals surface area contributed by atoms with Gasteiger partial charge in [-0.3, -0.25) is 14.4 Å². The Labute approximate surface area is 161 Å². The Kier molecular flexibility index (Phi) is 5.64. The number of Topliss-reactive ketones (excluding diaryl/α,β-unsaturated/α-hetero) is 1. The van der Waals surface area contributed by atoms with Crippen LogP contribution in [0, 0.1) is 6.92 Å². The summed E-state index contributed by atoms with van der Waals surface area (Å²) in [6, 6.07) is 15.3. The molecule has 0 fully saturated rings. The van der Waals surface area contributed by atoms with E-state index in [1.165, 1.54) is 6.20 Å². The summed E-state index contributed by atoms with van der Waals surface area (Å²) in [6.45, 7) is 1.88. The molecule has 1 heterocycles. The Morgan fingerprint density at radius 3 is 2.43 bits per heavy atom. The highest BCUT2D eigenvalue weighted by molar-refractivity contribution is 6.38.